The summed E-state index contributed by atoms with van der Waals surface area (Å²) >= 11 is 0. The van der Waals surface area contributed by atoms with Crippen LogP contribution in [0.5, 0.6) is 0 Å². The summed E-state index contributed by atoms with van der Waals surface area (Å²) in [6.07, 6.45) is 4.39. The predicted octanol–water partition coefficient (Wildman–Crippen LogP) is 3.25. The van der Waals surface area contributed by atoms with Gasteiger partial charge in [-0.2, -0.15) is 0 Å². The van der Waals surface area contributed by atoms with Gasteiger partial charge >= 0.3 is 0 Å². The highest BCUT2D eigenvalue weighted by atomic mass is 32.2. The third-order valence-corrected chi connectivity index (χ3v) is 5.42. The number of hydrogen-bond donors (Lipinski definition) is 1. The maximum atomic E-state index is 12.1. The molecule has 1 aliphatic rings. The van der Waals surface area contributed by atoms with Crippen LogP contribution in [0.1, 0.15) is 64.8 Å². The number of nitrogens with one attached hydrogen (secondary N) is 1. The molecule has 1 fully saturated rings. The van der Waals surface area contributed by atoms with Gasteiger partial charge < -0.3 is 0 Å². The first-order chi connectivity index (χ1) is 8.72. The molecule has 0 unspecified atom stereocenters. The summed E-state index contributed by atoms with van der Waals surface area (Å²) in [6, 6.07) is 4.26. The van der Waals surface area contributed by atoms with Crippen molar-refractivity contribution in [2.24, 2.45) is 0 Å². The number of pyridine rings is 1. The van der Waals surface area contributed by atoms with Crippen LogP contribution in [0.15, 0.2) is 18.3 Å². The molecule has 0 aromatic carbocycles. The van der Waals surface area contributed by atoms with E-state index in [1.165, 1.54) is 18.5 Å². The lowest BCUT2D eigenvalue weighted by Gasteiger charge is -2.22. The molecule has 1 saturated carbocycles. The van der Waals surface area contributed by atoms with Crippen LogP contribution in [0.2, 0.25) is 0 Å². The minimum Gasteiger partial charge on any atom is -0.260 e. The van der Waals surface area contributed by atoms with Gasteiger partial charge in [-0.05, 0) is 52.2 Å². The normalized spacial score (nSPS) is 20.9. The average molecular weight is 280 g/mol. The van der Waals surface area contributed by atoms with Crippen molar-refractivity contribution < 1.29 is 4.21 Å². The highest BCUT2D eigenvalue weighted by molar-refractivity contribution is 7.84. The molecule has 1 N–H and O–H groups in total. The zero-order valence-electron chi connectivity index (χ0n) is 12.5. The van der Waals surface area contributed by atoms with Crippen molar-refractivity contribution >= 4 is 11.0 Å². The molecular formula is C15H24N2OS. The van der Waals surface area contributed by atoms with Crippen molar-refractivity contribution in [1.82, 2.24) is 9.71 Å². The quantitative estimate of drug-likeness (QED) is 0.920. The summed E-state index contributed by atoms with van der Waals surface area (Å²) in [4.78, 5) is 4.56. The second-order valence-electron chi connectivity index (χ2n) is 6.76. The Morgan fingerprint density at radius 1 is 1.37 bits per heavy atom. The Morgan fingerprint density at radius 3 is 2.42 bits per heavy atom. The zero-order valence-corrected chi connectivity index (χ0v) is 13.3. The molecule has 1 aromatic rings. The second-order valence-corrected chi connectivity index (χ2v) is 8.76. The Bertz CT molecular complexity index is 472. The second kappa shape index (κ2) is 4.98. The van der Waals surface area contributed by atoms with Crippen LogP contribution >= 0.6 is 0 Å². The molecule has 2 rings (SSSR count). The smallest absolute Gasteiger partial charge is 0.0975 e. The van der Waals surface area contributed by atoms with Gasteiger partial charge in [0.05, 0.1) is 15.7 Å². The van der Waals surface area contributed by atoms with Gasteiger partial charge in [-0.25, -0.2) is 8.93 Å². The number of rotatable bonds is 4. The lowest BCUT2D eigenvalue weighted by atomic mass is 10.0. The Hall–Kier alpha value is -0.740. The summed E-state index contributed by atoms with van der Waals surface area (Å²) in [5, 5.41) is 0. The third kappa shape index (κ3) is 3.42. The lowest BCUT2D eigenvalue weighted by Crippen LogP contribution is -2.34. The molecule has 0 amide bonds. The summed E-state index contributed by atoms with van der Waals surface area (Å²) < 4.78 is 15.0. The van der Waals surface area contributed by atoms with E-state index in [0.717, 1.165) is 5.56 Å². The zero-order chi connectivity index (χ0) is 14.3. The van der Waals surface area contributed by atoms with Crippen molar-refractivity contribution in [2.75, 3.05) is 0 Å². The SMILES string of the molecule is C[C@H](N[S@](=O)C(C)(C)C)c1ccc(C2(C)CC2)nc1. The molecule has 106 valence electrons. The molecule has 0 spiro atoms. The van der Waals surface area contributed by atoms with Gasteiger partial charge in [-0.15, -0.1) is 0 Å². The maximum absolute atomic E-state index is 12.1. The van der Waals surface area contributed by atoms with Gasteiger partial charge in [0.2, 0.25) is 0 Å². The molecule has 1 aromatic heterocycles. The van der Waals surface area contributed by atoms with Crippen LogP contribution in [0, 0.1) is 0 Å². The molecule has 0 aliphatic heterocycles. The topological polar surface area (TPSA) is 42.0 Å². The van der Waals surface area contributed by atoms with Gasteiger partial charge in [0.25, 0.3) is 0 Å². The molecule has 4 heteroatoms. The molecule has 0 bridgehead atoms. The summed E-state index contributed by atoms with van der Waals surface area (Å²) in [5.74, 6) is 0. The van der Waals surface area contributed by atoms with Crippen LogP contribution < -0.4 is 4.72 Å². The van der Waals surface area contributed by atoms with Crippen LogP contribution in [0.4, 0.5) is 0 Å². The Balaban J connectivity index is 2.04. The minimum atomic E-state index is -1.06. The van der Waals surface area contributed by atoms with Crippen molar-refractivity contribution in [3.05, 3.63) is 29.6 Å². The van der Waals surface area contributed by atoms with E-state index in [2.05, 4.69) is 28.8 Å². The Kier molecular flexibility index (Phi) is 3.85. The fourth-order valence-corrected chi connectivity index (χ4v) is 2.68. The van der Waals surface area contributed by atoms with Crippen LogP contribution in [0.25, 0.3) is 0 Å². The molecule has 0 radical (unpaired) electrons. The first-order valence-corrected chi connectivity index (χ1v) is 8.02. The van der Waals surface area contributed by atoms with Crippen LogP contribution in [-0.4, -0.2) is 13.9 Å². The molecule has 0 saturated heterocycles. The number of nitrogens with zero attached hydrogens (tertiary/aromatic N) is 1. The molecule has 1 aliphatic carbocycles. The highest BCUT2D eigenvalue weighted by Crippen LogP contribution is 2.46. The molecule has 3 nitrogen and oxygen atoms in total. The van der Waals surface area contributed by atoms with E-state index in [0.29, 0.717) is 5.41 Å². The van der Waals surface area contributed by atoms with Crippen molar-refractivity contribution in [2.45, 2.75) is 63.7 Å². The predicted molar refractivity (Wildman–Crippen MR) is 80.3 cm³/mol. The summed E-state index contributed by atoms with van der Waals surface area (Å²) in [6.45, 7) is 10.2. The van der Waals surface area contributed by atoms with Gasteiger partial charge in [-0.1, -0.05) is 13.0 Å². The fraction of sp³-hybridized carbons (Fsp3) is 0.667. The first kappa shape index (κ1) is 14.7. The standard InChI is InChI=1S/C15H24N2OS/c1-11(17-19(18)14(2,3)4)12-6-7-13(16-10-12)15(5)8-9-15/h6-7,10-11,17H,8-9H2,1-5H3/t11-,19+/m0/s1. The van der Waals surface area contributed by atoms with Gasteiger partial charge in [0.1, 0.15) is 0 Å². The average Bonchev–Trinajstić information content (AvgIpc) is 3.07. The molecule has 1 heterocycles. The Morgan fingerprint density at radius 2 is 2.00 bits per heavy atom. The van der Waals surface area contributed by atoms with E-state index >= 15 is 0 Å². The van der Waals surface area contributed by atoms with E-state index in [1.54, 1.807) is 0 Å². The molecule has 19 heavy (non-hydrogen) atoms. The molecular weight excluding hydrogens is 256 g/mol. The van der Waals surface area contributed by atoms with E-state index in [-0.39, 0.29) is 10.8 Å². The van der Waals surface area contributed by atoms with Gasteiger partial charge in [0.15, 0.2) is 0 Å². The fourth-order valence-electron chi connectivity index (χ4n) is 1.87. The summed E-state index contributed by atoms with van der Waals surface area (Å²) in [7, 11) is -1.06. The first-order valence-electron chi connectivity index (χ1n) is 6.87. The monoisotopic (exact) mass is 280 g/mol. The third-order valence-electron chi connectivity index (χ3n) is 3.74. The Labute approximate surface area is 118 Å². The largest absolute Gasteiger partial charge is 0.260 e. The van der Waals surface area contributed by atoms with Gasteiger partial charge in [0, 0.05) is 23.3 Å². The number of hydrogen-bond acceptors (Lipinski definition) is 2. The lowest BCUT2D eigenvalue weighted by molar-refractivity contribution is 0.615. The van der Waals surface area contributed by atoms with Crippen LogP contribution in [-0.2, 0) is 16.4 Å². The number of aromatic nitrogens is 1. The summed E-state index contributed by atoms with van der Waals surface area (Å²) in [5.41, 5.74) is 2.58. The molecule has 2 atom stereocenters. The van der Waals surface area contributed by atoms with E-state index < -0.39 is 11.0 Å². The van der Waals surface area contributed by atoms with Crippen molar-refractivity contribution in [3.63, 3.8) is 0 Å². The maximum Gasteiger partial charge on any atom is 0.0975 e. The highest BCUT2D eigenvalue weighted by Gasteiger charge is 2.40. The van der Waals surface area contributed by atoms with E-state index in [4.69, 9.17) is 0 Å². The minimum absolute atomic E-state index is 0.0496. The van der Waals surface area contributed by atoms with E-state index in [9.17, 15) is 4.21 Å². The van der Waals surface area contributed by atoms with Crippen LogP contribution in [0.3, 0.4) is 0 Å². The van der Waals surface area contributed by atoms with Crippen molar-refractivity contribution in [1.29, 1.82) is 0 Å². The van der Waals surface area contributed by atoms with Gasteiger partial charge in [-0.3, -0.25) is 4.98 Å². The van der Waals surface area contributed by atoms with E-state index in [1.807, 2.05) is 33.9 Å². The van der Waals surface area contributed by atoms with Crippen molar-refractivity contribution in [3.8, 4) is 0 Å².